The smallest absolute Gasteiger partial charge is 0.258 e. The van der Waals surface area contributed by atoms with Crippen LogP contribution in [-0.4, -0.2) is 14.9 Å². The van der Waals surface area contributed by atoms with Crippen molar-refractivity contribution in [3.8, 4) is 0 Å². The van der Waals surface area contributed by atoms with E-state index in [1.54, 1.807) is 6.92 Å². The number of rotatable bonds is 2. The lowest BCUT2D eigenvalue weighted by Gasteiger charge is -2.01. The second-order valence-corrected chi connectivity index (χ2v) is 4.62. The third-order valence-electron chi connectivity index (χ3n) is 2.14. The molecule has 0 aliphatic rings. The van der Waals surface area contributed by atoms with Crippen LogP contribution >= 0.6 is 11.3 Å². The molecule has 16 heavy (non-hydrogen) atoms. The number of pyridine rings is 1. The van der Waals surface area contributed by atoms with Gasteiger partial charge in [-0.1, -0.05) is 17.9 Å². The van der Waals surface area contributed by atoms with E-state index >= 15 is 0 Å². The first-order valence-corrected chi connectivity index (χ1v) is 5.38. The Hall–Kier alpha value is -1.82. The van der Waals surface area contributed by atoms with Gasteiger partial charge in [0, 0.05) is 0 Å². The minimum Gasteiger partial charge on any atom is -0.258 e. The van der Waals surface area contributed by atoms with Gasteiger partial charge in [-0.2, -0.15) is 0 Å². The van der Waals surface area contributed by atoms with Crippen LogP contribution in [0.5, 0.6) is 0 Å². The van der Waals surface area contributed by atoms with E-state index in [4.69, 9.17) is 0 Å². The van der Waals surface area contributed by atoms with Gasteiger partial charge in [0.05, 0.1) is 15.5 Å². The van der Waals surface area contributed by atoms with Crippen LogP contribution in [0.1, 0.15) is 17.5 Å². The largest absolute Gasteiger partial charge is 0.297 e. The molecule has 2 rings (SSSR count). The van der Waals surface area contributed by atoms with Crippen LogP contribution in [-0.2, 0) is 0 Å². The fraction of sp³-hybridized carbons (Fsp3) is 0.200. The molecule has 0 fully saturated rings. The summed E-state index contributed by atoms with van der Waals surface area (Å²) in [5, 5.41) is 11.7. The van der Waals surface area contributed by atoms with Crippen LogP contribution in [0.2, 0.25) is 0 Å². The zero-order chi connectivity index (χ0) is 11.9. The summed E-state index contributed by atoms with van der Waals surface area (Å²) in [4.78, 5) is 19.4. The zero-order valence-corrected chi connectivity index (χ0v) is 9.67. The Morgan fingerprint density at radius 2 is 2.31 bits per heavy atom. The molecule has 2 aromatic rings. The van der Waals surface area contributed by atoms with Crippen molar-refractivity contribution in [2.24, 2.45) is 0 Å². The van der Waals surface area contributed by atoms with E-state index in [0.29, 0.717) is 21.5 Å². The zero-order valence-electron chi connectivity index (χ0n) is 8.85. The van der Waals surface area contributed by atoms with E-state index in [-0.39, 0.29) is 5.69 Å². The summed E-state index contributed by atoms with van der Waals surface area (Å²) in [5.74, 6) is 0. The molecule has 0 bridgehead atoms. The van der Waals surface area contributed by atoms with Gasteiger partial charge in [-0.3, -0.25) is 10.1 Å². The number of aryl methyl sites for hydroxylation is 1. The molecule has 0 radical (unpaired) electrons. The van der Waals surface area contributed by atoms with Crippen molar-refractivity contribution in [2.45, 2.75) is 13.8 Å². The van der Waals surface area contributed by atoms with Crippen molar-refractivity contribution in [1.29, 1.82) is 0 Å². The number of aromatic nitrogens is 2. The first kappa shape index (κ1) is 10.7. The molecule has 0 aliphatic carbocycles. The van der Waals surface area contributed by atoms with Crippen LogP contribution < -0.4 is 0 Å². The fourth-order valence-electron chi connectivity index (χ4n) is 1.53. The molecule has 82 valence electrons. The number of nitrogens with zero attached hydrogens (tertiary/aromatic N) is 3. The van der Waals surface area contributed by atoms with Gasteiger partial charge < -0.3 is 0 Å². The van der Waals surface area contributed by atoms with E-state index < -0.39 is 4.92 Å². The van der Waals surface area contributed by atoms with Gasteiger partial charge >= 0.3 is 0 Å². The second kappa shape index (κ2) is 3.64. The predicted molar refractivity (Wildman–Crippen MR) is 63.5 cm³/mol. The standard InChI is InChI=1S/C10H9N3O2S/c1-5(2)8-7(13(14)15)4-11-10-9(8)12-6(3)16-10/h4H,1H2,2-3H3. The molecule has 2 heterocycles. The third-order valence-corrected chi connectivity index (χ3v) is 3.02. The summed E-state index contributed by atoms with van der Waals surface area (Å²) < 4.78 is 0. The summed E-state index contributed by atoms with van der Waals surface area (Å²) in [6.07, 6.45) is 1.27. The van der Waals surface area contributed by atoms with Crippen molar-refractivity contribution in [3.05, 3.63) is 33.5 Å². The number of hydrogen-bond donors (Lipinski definition) is 0. The van der Waals surface area contributed by atoms with Crippen LogP contribution in [0.3, 0.4) is 0 Å². The highest BCUT2D eigenvalue weighted by atomic mass is 32.1. The Bertz CT molecular complexity index is 603. The number of thiazole rings is 1. The SMILES string of the molecule is C=C(C)c1c([N+](=O)[O-])cnc2sc(C)nc12. The number of fused-ring (bicyclic) bond motifs is 1. The maximum atomic E-state index is 10.9. The van der Waals surface area contributed by atoms with Crippen LogP contribution in [0.25, 0.3) is 15.9 Å². The first-order chi connectivity index (χ1) is 7.50. The molecule has 0 saturated heterocycles. The minimum atomic E-state index is -0.453. The van der Waals surface area contributed by atoms with Gasteiger partial charge in [-0.25, -0.2) is 9.97 Å². The van der Waals surface area contributed by atoms with Gasteiger partial charge in [0.15, 0.2) is 0 Å². The lowest BCUT2D eigenvalue weighted by molar-refractivity contribution is -0.385. The van der Waals surface area contributed by atoms with Gasteiger partial charge in [-0.15, -0.1) is 0 Å². The highest BCUT2D eigenvalue weighted by molar-refractivity contribution is 7.18. The molecular formula is C10H9N3O2S. The fourth-order valence-corrected chi connectivity index (χ4v) is 2.30. The van der Waals surface area contributed by atoms with Gasteiger partial charge in [0.2, 0.25) is 0 Å². The molecule has 0 amide bonds. The van der Waals surface area contributed by atoms with E-state index in [1.165, 1.54) is 17.5 Å². The normalized spacial score (nSPS) is 10.6. The highest BCUT2D eigenvalue weighted by Crippen LogP contribution is 2.32. The summed E-state index contributed by atoms with van der Waals surface area (Å²) in [6, 6.07) is 0. The van der Waals surface area contributed by atoms with Crippen LogP contribution in [0, 0.1) is 17.0 Å². The topological polar surface area (TPSA) is 68.9 Å². The van der Waals surface area contributed by atoms with E-state index in [0.717, 1.165) is 5.01 Å². The molecule has 2 aromatic heterocycles. The monoisotopic (exact) mass is 235 g/mol. The maximum Gasteiger partial charge on any atom is 0.297 e. The average Bonchev–Trinajstić information content (AvgIpc) is 2.55. The lowest BCUT2D eigenvalue weighted by atomic mass is 10.1. The lowest BCUT2D eigenvalue weighted by Crippen LogP contribution is -1.95. The van der Waals surface area contributed by atoms with Crippen molar-refractivity contribution in [1.82, 2.24) is 9.97 Å². The average molecular weight is 235 g/mol. The van der Waals surface area contributed by atoms with E-state index in [1.807, 2.05) is 6.92 Å². The number of allylic oxidation sites excluding steroid dienone is 1. The molecule has 0 aliphatic heterocycles. The van der Waals surface area contributed by atoms with Crippen LogP contribution in [0.15, 0.2) is 12.8 Å². The summed E-state index contributed by atoms with van der Waals surface area (Å²) in [6.45, 7) is 7.34. The van der Waals surface area contributed by atoms with Crippen molar-refractivity contribution >= 4 is 32.9 Å². The predicted octanol–water partition coefficient (Wildman–Crippen LogP) is 2.94. The van der Waals surface area contributed by atoms with Gasteiger partial charge in [-0.05, 0) is 19.4 Å². The summed E-state index contributed by atoms with van der Waals surface area (Å²) in [7, 11) is 0. The van der Waals surface area contributed by atoms with Crippen molar-refractivity contribution < 1.29 is 4.92 Å². The Morgan fingerprint density at radius 1 is 1.62 bits per heavy atom. The van der Waals surface area contributed by atoms with E-state index in [9.17, 15) is 10.1 Å². The Labute approximate surface area is 95.6 Å². The van der Waals surface area contributed by atoms with E-state index in [2.05, 4.69) is 16.5 Å². The number of nitro groups is 1. The molecular weight excluding hydrogens is 226 g/mol. The molecule has 5 nitrogen and oxygen atoms in total. The molecule has 0 atom stereocenters. The maximum absolute atomic E-state index is 10.9. The molecule has 6 heteroatoms. The quantitative estimate of drug-likeness (QED) is 0.592. The second-order valence-electron chi connectivity index (χ2n) is 3.44. The van der Waals surface area contributed by atoms with Crippen molar-refractivity contribution in [2.75, 3.05) is 0 Å². The Kier molecular flexibility index (Phi) is 2.43. The third kappa shape index (κ3) is 1.57. The molecule has 0 spiro atoms. The van der Waals surface area contributed by atoms with Gasteiger partial charge in [0.1, 0.15) is 16.5 Å². The molecule has 0 unspecified atom stereocenters. The first-order valence-electron chi connectivity index (χ1n) is 4.57. The van der Waals surface area contributed by atoms with Crippen molar-refractivity contribution in [3.63, 3.8) is 0 Å². The highest BCUT2D eigenvalue weighted by Gasteiger charge is 2.20. The molecule has 0 aromatic carbocycles. The molecule has 0 N–H and O–H groups in total. The Balaban J connectivity index is 2.88. The minimum absolute atomic E-state index is 0.0368. The number of hydrogen-bond acceptors (Lipinski definition) is 5. The van der Waals surface area contributed by atoms with Crippen LogP contribution in [0.4, 0.5) is 5.69 Å². The summed E-state index contributed by atoms with van der Waals surface area (Å²) >= 11 is 1.42. The Morgan fingerprint density at radius 3 is 2.88 bits per heavy atom. The van der Waals surface area contributed by atoms with Gasteiger partial charge in [0.25, 0.3) is 5.69 Å². The molecule has 0 saturated carbocycles. The summed E-state index contributed by atoms with van der Waals surface area (Å²) in [5.41, 5.74) is 1.65.